The predicted molar refractivity (Wildman–Crippen MR) is 58.6 cm³/mol. The van der Waals surface area contributed by atoms with E-state index in [4.69, 9.17) is 5.73 Å². The molecule has 2 rings (SSSR count). The van der Waals surface area contributed by atoms with Gasteiger partial charge in [-0.25, -0.2) is 4.98 Å². The van der Waals surface area contributed by atoms with Gasteiger partial charge in [0.1, 0.15) is 0 Å². The number of aromatic nitrogens is 2. The Morgan fingerprint density at radius 3 is 3.27 bits per heavy atom. The predicted octanol–water partition coefficient (Wildman–Crippen LogP) is 0.359. The Morgan fingerprint density at radius 2 is 2.60 bits per heavy atom. The molecule has 0 aliphatic carbocycles. The number of carbonyl (C=O) groups is 1. The lowest BCUT2D eigenvalue weighted by Gasteiger charge is -2.04. The SMILES string of the molecule is CC(N)C(=O)NCc1cn2ccsc2n1. The number of fused-ring (bicyclic) bond motifs is 1. The Hall–Kier alpha value is -1.40. The monoisotopic (exact) mass is 224 g/mol. The fraction of sp³-hybridized carbons (Fsp3) is 0.333. The summed E-state index contributed by atoms with van der Waals surface area (Å²) in [7, 11) is 0. The average molecular weight is 224 g/mol. The highest BCUT2D eigenvalue weighted by atomic mass is 32.1. The van der Waals surface area contributed by atoms with Crippen LogP contribution in [0.2, 0.25) is 0 Å². The molecule has 0 spiro atoms. The van der Waals surface area contributed by atoms with Crippen LogP contribution in [-0.2, 0) is 11.3 Å². The third-order valence-electron chi connectivity index (χ3n) is 2.00. The number of nitrogens with two attached hydrogens (primary N) is 1. The minimum Gasteiger partial charge on any atom is -0.349 e. The van der Waals surface area contributed by atoms with Crippen molar-refractivity contribution in [1.82, 2.24) is 14.7 Å². The third kappa shape index (κ3) is 2.16. The molecule has 5 nitrogen and oxygen atoms in total. The van der Waals surface area contributed by atoms with Crippen molar-refractivity contribution in [3.05, 3.63) is 23.5 Å². The van der Waals surface area contributed by atoms with Crippen LogP contribution in [-0.4, -0.2) is 21.3 Å². The van der Waals surface area contributed by atoms with Crippen LogP contribution in [0.25, 0.3) is 4.96 Å². The van der Waals surface area contributed by atoms with E-state index in [1.54, 1.807) is 18.3 Å². The Balaban J connectivity index is 2.01. The first-order valence-corrected chi connectivity index (χ1v) is 5.49. The van der Waals surface area contributed by atoms with E-state index in [9.17, 15) is 4.79 Å². The summed E-state index contributed by atoms with van der Waals surface area (Å²) >= 11 is 1.56. The Bertz CT molecular complexity index is 445. The van der Waals surface area contributed by atoms with E-state index < -0.39 is 6.04 Å². The quantitative estimate of drug-likeness (QED) is 0.790. The van der Waals surface area contributed by atoms with Crippen molar-refractivity contribution in [2.45, 2.75) is 19.5 Å². The molecule has 1 amide bonds. The zero-order valence-electron chi connectivity index (χ0n) is 8.30. The van der Waals surface area contributed by atoms with Gasteiger partial charge in [-0.15, -0.1) is 11.3 Å². The molecular weight excluding hydrogens is 212 g/mol. The molecule has 0 aliphatic rings. The first-order valence-electron chi connectivity index (χ1n) is 4.61. The van der Waals surface area contributed by atoms with E-state index in [0.717, 1.165) is 10.7 Å². The molecule has 2 aromatic rings. The smallest absolute Gasteiger partial charge is 0.236 e. The fourth-order valence-electron chi connectivity index (χ4n) is 1.20. The van der Waals surface area contributed by atoms with Gasteiger partial charge in [0.2, 0.25) is 5.91 Å². The van der Waals surface area contributed by atoms with Gasteiger partial charge in [0.25, 0.3) is 0 Å². The van der Waals surface area contributed by atoms with Crippen molar-refractivity contribution >= 4 is 22.2 Å². The van der Waals surface area contributed by atoms with Crippen molar-refractivity contribution < 1.29 is 4.79 Å². The van der Waals surface area contributed by atoms with Crippen LogP contribution >= 0.6 is 11.3 Å². The number of imidazole rings is 1. The van der Waals surface area contributed by atoms with Gasteiger partial charge in [-0.1, -0.05) is 0 Å². The lowest BCUT2D eigenvalue weighted by Crippen LogP contribution is -2.37. The first-order chi connectivity index (χ1) is 7.16. The van der Waals surface area contributed by atoms with Crippen molar-refractivity contribution in [2.24, 2.45) is 5.73 Å². The molecule has 0 saturated heterocycles. The zero-order chi connectivity index (χ0) is 10.8. The number of rotatable bonds is 3. The first kappa shape index (κ1) is 10.1. The van der Waals surface area contributed by atoms with Gasteiger partial charge in [-0.3, -0.25) is 9.20 Å². The summed E-state index contributed by atoms with van der Waals surface area (Å²) in [6, 6.07) is -0.478. The highest BCUT2D eigenvalue weighted by molar-refractivity contribution is 7.15. The summed E-state index contributed by atoms with van der Waals surface area (Å²) < 4.78 is 1.93. The van der Waals surface area contributed by atoms with Gasteiger partial charge >= 0.3 is 0 Å². The molecule has 0 fully saturated rings. The van der Waals surface area contributed by atoms with Gasteiger partial charge in [-0.05, 0) is 6.92 Å². The summed E-state index contributed by atoms with van der Waals surface area (Å²) in [6.07, 6.45) is 3.83. The maximum absolute atomic E-state index is 11.2. The second-order valence-electron chi connectivity index (χ2n) is 3.33. The fourth-order valence-corrected chi connectivity index (χ4v) is 1.92. The lowest BCUT2D eigenvalue weighted by atomic mass is 10.3. The second kappa shape index (κ2) is 4.00. The number of thiazole rings is 1. The molecule has 80 valence electrons. The molecule has 0 bridgehead atoms. The van der Waals surface area contributed by atoms with Gasteiger partial charge in [0, 0.05) is 17.8 Å². The van der Waals surface area contributed by atoms with Gasteiger partial charge in [0.15, 0.2) is 4.96 Å². The number of nitrogens with zero attached hydrogens (tertiary/aromatic N) is 2. The van der Waals surface area contributed by atoms with Crippen LogP contribution in [0.15, 0.2) is 17.8 Å². The summed E-state index contributed by atoms with van der Waals surface area (Å²) in [5, 5.41) is 4.68. The standard InChI is InChI=1S/C9H12N4OS/c1-6(10)8(14)11-4-7-5-13-2-3-15-9(13)12-7/h2-3,5-6H,4,10H2,1H3,(H,11,14). The molecule has 0 radical (unpaired) electrons. The van der Waals surface area contributed by atoms with Gasteiger partial charge < -0.3 is 11.1 Å². The van der Waals surface area contributed by atoms with Crippen LogP contribution in [0.5, 0.6) is 0 Å². The number of carbonyl (C=O) groups excluding carboxylic acids is 1. The molecule has 15 heavy (non-hydrogen) atoms. The van der Waals surface area contributed by atoms with E-state index in [0.29, 0.717) is 6.54 Å². The summed E-state index contributed by atoms with van der Waals surface area (Å²) in [4.78, 5) is 16.5. The molecule has 1 unspecified atom stereocenters. The normalized spacial score (nSPS) is 12.9. The van der Waals surface area contributed by atoms with E-state index in [-0.39, 0.29) is 5.91 Å². The molecule has 0 saturated carbocycles. The highest BCUT2D eigenvalue weighted by Crippen LogP contribution is 2.10. The summed E-state index contributed by atoms with van der Waals surface area (Å²) in [6.45, 7) is 2.08. The van der Waals surface area contributed by atoms with Crippen LogP contribution in [0.3, 0.4) is 0 Å². The molecule has 1 atom stereocenters. The lowest BCUT2D eigenvalue weighted by molar-refractivity contribution is -0.122. The van der Waals surface area contributed by atoms with Crippen molar-refractivity contribution in [2.75, 3.05) is 0 Å². The molecule has 3 N–H and O–H groups in total. The number of amides is 1. The Kier molecular flexibility index (Phi) is 2.70. The summed E-state index contributed by atoms with van der Waals surface area (Å²) in [5.74, 6) is -0.161. The van der Waals surface area contributed by atoms with Gasteiger partial charge in [-0.2, -0.15) is 0 Å². The minimum absolute atomic E-state index is 0.161. The molecule has 2 aromatic heterocycles. The third-order valence-corrected chi connectivity index (χ3v) is 2.77. The van der Waals surface area contributed by atoms with E-state index in [1.165, 1.54) is 0 Å². The molecule has 2 heterocycles. The second-order valence-corrected chi connectivity index (χ2v) is 4.20. The maximum atomic E-state index is 11.2. The van der Waals surface area contributed by atoms with Crippen molar-refractivity contribution in [1.29, 1.82) is 0 Å². The van der Waals surface area contributed by atoms with E-state index in [1.807, 2.05) is 22.2 Å². The maximum Gasteiger partial charge on any atom is 0.236 e. The number of hydrogen-bond acceptors (Lipinski definition) is 4. The van der Waals surface area contributed by atoms with Crippen molar-refractivity contribution in [3.8, 4) is 0 Å². The zero-order valence-corrected chi connectivity index (χ0v) is 9.12. The summed E-state index contributed by atoms with van der Waals surface area (Å²) in [5.41, 5.74) is 6.26. The van der Waals surface area contributed by atoms with Gasteiger partial charge in [0.05, 0.1) is 18.3 Å². The Morgan fingerprint density at radius 1 is 1.80 bits per heavy atom. The largest absolute Gasteiger partial charge is 0.349 e. The van der Waals surface area contributed by atoms with Crippen LogP contribution in [0.4, 0.5) is 0 Å². The van der Waals surface area contributed by atoms with Crippen LogP contribution < -0.4 is 11.1 Å². The average Bonchev–Trinajstić information content (AvgIpc) is 2.72. The highest BCUT2D eigenvalue weighted by Gasteiger charge is 2.08. The van der Waals surface area contributed by atoms with Crippen molar-refractivity contribution in [3.63, 3.8) is 0 Å². The number of hydrogen-bond donors (Lipinski definition) is 2. The Labute approximate surface area is 90.9 Å². The topological polar surface area (TPSA) is 72.4 Å². The number of nitrogens with one attached hydrogen (secondary N) is 1. The van der Waals surface area contributed by atoms with Crippen LogP contribution in [0, 0.1) is 0 Å². The molecule has 6 heteroatoms. The molecule has 0 aliphatic heterocycles. The minimum atomic E-state index is -0.478. The van der Waals surface area contributed by atoms with E-state index in [2.05, 4.69) is 10.3 Å². The molecule has 0 aromatic carbocycles. The van der Waals surface area contributed by atoms with Crippen LogP contribution in [0.1, 0.15) is 12.6 Å². The molecular formula is C9H12N4OS. The van der Waals surface area contributed by atoms with E-state index >= 15 is 0 Å².